The standard InChI is InChI=1S/C21H25N3O2S/c1-24(2)17(12-15-6-4-3-5-7-15)13-23-19-18(20(25)21(19)26)22-10-8-16-9-11-27-14-16/h3-7,9,11,14,17,22-23H,8,10,12-13H2,1-2H3/t17-/m0/s1. The Bertz CT molecular complexity index is 913. The highest BCUT2D eigenvalue weighted by atomic mass is 32.1. The van der Waals surface area contributed by atoms with Crippen molar-refractivity contribution in [1.82, 2.24) is 4.90 Å². The van der Waals surface area contributed by atoms with Crippen LogP contribution in [-0.4, -0.2) is 38.1 Å². The molecule has 27 heavy (non-hydrogen) atoms. The lowest BCUT2D eigenvalue weighted by molar-refractivity contribution is 0.303. The smallest absolute Gasteiger partial charge is 0.253 e. The van der Waals surface area contributed by atoms with Gasteiger partial charge in [-0.25, -0.2) is 0 Å². The number of nitrogens with zero attached hydrogens (tertiary/aromatic N) is 1. The van der Waals surface area contributed by atoms with Crippen LogP contribution in [0.1, 0.15) is 11.1 Å². The molecule has 1 atom stereocenters. The van der Waals surface area contributed by atoms with Gasteiger partial charge in [0.1, 0.15) is 11.4 Å². The molecule has 142 valence electrons. The zero-order chi connectivity index (χ0) is 19.2. The Morgan fingerprint density at radius 3 is 2.30 bits per heavy atom. The number of rotatable bonds is 10. The summed E-state index contributed by atoms with van der Waals surface area (Å²) in [4.78, 5) is 26.0. The number of likely N-dealkylation sites (N-methyl/N-ethyl adjacent to an activating group) is 1. The lowest BCUT2D eigenvalue weighted by Crippen LogP contribution is -2.42. The van der Waals surface area contributed by atoms with Crippen molar-refractivity contribution in [3.8, 4) is 0 Å². The van der Waals surface area contributed by atoms with E-state index in [0.29, 0.717) is 24.5 Å². The highest BCUT2D eigenvalue weighted by Gasteiger charge is 2.22. The van der Waals surface area contributed by atoms with E-state index >= 15 is 0 Å². The lowest BCUT2D eigenvalue weighted by Gasteiger charge is -2.26. The van der Waals surface area contributed by atoms with Gasteiger partial charge >= 0.3 is 0 Å². The van der Waals surface area contributed by atoms with Crippen LogP contribution in [0.25, 0.3) is 0 Å². The van der Waals surface area contributed by atoms with Crippen molar-refractivity contribution >= 4 is 22.7 Å². The second-order valence-electron chi connectivity index (χ2n) is 6.90. The Hall–Kier alpha value is -2.44. The number of benzene rings is 1. The molecule has 0 aliphatic rings. The molecule has 0 amide bonds. The molecule has 0 bridgehead atoms. The number of hydrogen-bond donors (Lipinski definition) is 2. The zero-order valence-electron chi connectivity index (χ0n) is 15.7. The minimum absolute atomic E-state index is 0.218. The normalized spacial score (nSPS) is 12.4. The zero-order valence-corrected chi connectivity index (χ0v) is 16.5. The van der Waals surface area contributed by atoms with Gasteiger partial charge in [0.05, 0.1) is 0 Å². The van der Waals surface area contributed by atoms with Crippen molar-refractivity contribution in [2.45, 2.75) is 18.9 Å². The van der Waals surface area contributed by atoms with Gasteiger partial charge in [0.2, 0.25) is 0 Å². The van der Waals surface area contributed by atoms with E-state index < -0.39 is 10.9 Å². The Balaban J connectivity index is 1.58. The Labute approximate surface area is 163 Å². The third-order valence-electron chi connectivity index (χ3n) is 4.76. The predicted octanol–water partition coefficient (Wildman–Crippen LogP) is 2.58. The first-order valence-corrected chi connectivity index (χ1v) is 10.0. The van der Waals surface area contributed by atoms with Gasteiger partial charge in [-0.3, -0.25) is 9.59 Å². The van der Waals surface area contributed by atoms with Crippen LogP contribution in [0.5, 0.6) is 0 Å². The maximum absolute atomic E-state index is 12.0. The monoisotopic (exact) mass is 383 g/mol. The fourth-order valence-electron chi connectivity index (χ4n) is 3.04. The molecule has 1 aromatic heterocycles. The Kier molecular flexibility index (Phi) is 6.42. The van der Waals surface area contributed by atoms with E-state index in [1.165, 1.54) is 11.1 Å². The summed E-state index contributed by atoms with van der Waals surface area (Å²) >= 11 is 1.66. The molecule has 3 aromatic rings. The average molecular weight is 384 g/mol. The van der Waals surface area contributed by atoms with Crippen LogP contribution < -0.4 is 21.5 Å². The fraction of sp³-hybridized carbons (Fsp3) is 0.333. The highest BCUT2D eigenvalue weighted by Crippen LogP contribution is 2.16. The lowest BCUT2D eigenvalue weighted by atomic mass is 10.0. The number of anilines is 2. The number of thiophene rings is 1. The summed E-state index contributed by atoms with van der Waals surface area (Å²) in [5.74, 6) is 0. The molecule has 0 radical (unpaired) electrons. The molecule has 2 N–H and O–H groups in total. The summed E-state index contributed by atoms with van der Waals surface area (Å²) in [6, 6.07) is 12.6. The summed E-state index contributed by atoms with van der Waals surface area (Å²) < 4.78 is 0. The van der Waals surface area contributed by atoms with E-state index in [1.54, 1.807) is 11.3 Å². The van der Waals surface area contributed by atoms with Crippen molar-refractivity contribution in [2.75, 3.05) is 37.8 Å². The molecule has 0 fully saturated rings. The third-order valence-corrected chi connectivity index (χ3v) is 5.50. The predicted molar refractivity (Wildman–Crippen MR) is 114 cm³/mol. The average Bonchev–Trinajstić information content (AvgIpc) is 3.19. The van der Waals surface area contributed by atoms with Gasteiger partial charge in [0, 0.05) is 19.1 Å². The molecule has 0 spiro atoms. The van der Waals surface area contributed by atoms with Crippen molar-refractivity contribution in [3.05, 3.63) is 78.7 Å². The van der Waals surface area contributed by atoms with E-state index in [1.807, 2.05) is 37.7 Å². The van der Waals surface area contributed by atoms with Crippen molar-refractivity contribution < 1.29 is 0 Å². The first-order valence-electron chi connectivity index (χ1n) is 9.08. The third kappa shape index (κ3) is 4.84. The van der Waals surface area contributed by atoms with E-state index in [2.05, 4.69) is 39.1 Å². The second-order valence-corrected chi connectivity index (χ2v) is 7.68. The van der Waals surface area contributed by atoms with E-state index in [4.69, 9.17) is 0 Å². The summed E-state index contributed by atoms with van der Waals surface area (Å²) in [7, 11) is 4.05. The molecule has 2 aromatic carbocycles. The van der Waals surface area contributed by atoms with Crippen molar-refractivity contribution in [1.29, 1.82) is 0 Å². The molecule has 0 aliphatic carbocycles. The molecule has 1 heterocycles. The van der Waals surface area contributed by atoms with Crippen LogP contribution >= 0.6 is 11.3 Å². The topological polar surface area (TPSA) is 61.4 Å². The van der Waals surface area contributed by atoms with Gasteiger partial charge in [0.15, 0.2) is 0 Å². The molecule has 0 unspecified atom stereocenters. The van der Waals surface area contributed by atoms with E-state index in [-0.39, 0.29) is 6.04 Å². The van der Waals surface area contributed by atoms with Crippen LogP contribution in [0.15, 0.2) is 56.7 Å². The van der Waals surface area contributed by atoms with E-state index in [9.17, 15) is 9.59 Å². The van der Waals surface area contributed by atoms with Crippen LogP contribution in [-0.2, 0) is 12.8 Å². The molecule has 0 saturated heterocycles. The maximum atomic E-state index is 12.0. The van der Waals surface area contributed by atoms with Gasteiger partial charge in [-0.05, 0) is 54.9 Å². The van der Waals surface area contributed by atoms with E-state index in [0.717, 1.165) is 12.8 Å². The largest absolute Gasteiger partial charge is 0.380 e. The molecule has 0 saturated carbocycles. The molecule has 0 aliphatic heterocycles. The minimum atomic E-state index is -0.426. The minimum Gasteiger partial charge on any atom is -0.380 e. The Morgan fingerprint density at radius 2 is 1.67 bits per heavy atom. The summed E-state index contributed by atoms with van der Waals surface area (Å²) in [5, 5.41) is 10.5. The summed E-state index contributed by atoms with van der Waals surface area (Å²) in [6.45, 7) is 1.24. The number of hydrogen-bond acceptors (Lipinski definition) is 6. The van der Waals surface area contributed by atoms with Crippen LogP contribution in [0, 0.1) is 0 Å². The number of nitrogens with one attached hydrogen (secondary N) is 2. The molecular weight excluding hydrogens is 358 g/mol. The molecule has 3 rings (SSSR count). The highest BCUT2D eigenvalue weighted by molar-refractivity contribution is 7.07. The fourth-order valence-corrected chi connectivity index (χ4v) is 3.74. The molecular formula is C21H25N3O2S. The van der Waals surface area contributed by atoms with Gasteiger partial charge in [-0.15, -0.1) is 0 Å². The van der Waals surface area contributed by atoms with Gasteiger partial charge in [0.25, 0.3) is 10.9 Å². The van der Waals surface area contributed by atoms with Crippen molar-refractivity contribution in [2.24, 2.45) is 0 Å². The first kappa shape index (κ1) is 19.3. The first-order chi connectivity index (χ1) is 13.1. The summed E-state index contributed by atoms with van der Waals surface area (Å²) in [6.07, 6.45) is 1.70. The quantitative estimate of drug-likeness (QED) is 0.527. The molecule has 5 nitrogen and oxygen atoms in total. The Morgan fingerprint density at radius 1 is 0.963 bits per heavy atom. The van der Waals surface area contributed by atoms with Crippen LogP contribution in [0.4, 0.5) is 11.4 Å². The second kappa shape index (κ2) is 8.97. The van der Waals surface area contributed by atoms with Crippen LogP contribution in [0.2, 0.25) is 0 Å². The van der Waals surface area contributed by atoms with Crippen LogP contribution in [0.3, 0.4) is 0 Å². The van der Waals surface area contributed by atoms with Crippen molar-refractivity contribution in [3.63, 3.8) is 0 Å². The molecule has 6 heteroatoms. The van der Waals surface area contributed by atoms with Gasteiger partial charge < -0.3 is 15.5 Å². The summed E-state index contributed by atoms with van der Waals surface area (Å²) in [5.41, 5.74) is 2.48. The SMILES string of the molecule is CN(C)[C@H](CNc1c(NCCc2ccsc2)c(=O)c1=O)Cc1ccccc1. The van der Waals surface area contributed by atoms with Gasteiger partial charge in [-0.1, -0.05) is 30.3 Å². The maximum Gasteiger partial charge on any atom is 0.253 e. The van der Waals surface area contributed by atoms with Gasteiger partial charge in [-0.2, -0.15) is 11.3 Å².